The van der Waals surface area contributed by atoms with Gasteiger partial charge >= 0.3 is 0 Å². The van der Waals surface area contributed by atoms with Crippen LogP contribution in [0.25, 0.3) is 11.0 Å². The van der Waals surface area contributed by atoms with Gasteiger partial charge in [-0.3, -0.25) is 4.79 Å². The normalized spacial score (nSPS) is 11.1. The number of benzene rings is 1. The first-order chi connectivity index (χ1) is 9.06. The number of carbonyl (C=O) groups excluding carboxylic acids is 1. The zero-order valence-corrected chi connectivity index (χ0v) is 13.0. The van der Waals surface area contributed by atoms with Crippen LogP contribution in [0.5, 0.6) is 0 Å². The van der Waals surface area contributed by atoms with E-state index in [-0.39, 0.29) is 11.5 Å². The molecule has 19 heavy (non-hydrogen) atoms. The number of aryl methyl sites for hydroxylation is 1. The highest BCUT2D eigenvalue weighted by atomic mass is 79.9. The Labute approximate surface area is 125 Å². The number of furan rings is 2. The Bertz CT molecular complexity index is 783. The van der Waals surface area contributed by atoms with Gasteiger partial charge in [-0.05, 0) is 53.2 Å². The van der Waals surface area contributed by atoms with Crippen molar-refractivity contribution < 1.29 is 13.6 Å². The molecule has 0 fully saturated rings. The Kier molecular flexibility index (Phi) is 3.11. The molecule has 2 aromatic heterocycles. The van der Waals surface area contributed by atoms with Crippen LogP contribution in [0.2, 0.25) is 0 Å². The second kappa shape index (κ2) is 4.65. The molecular weight excluding hydrogens is 376 g/mol. The van der Waals surface area contributed by atoms with Crippen LogP contribution in [0.1, 0.15) is 21.9 Å². The van der Waals surface area contributed by atoms with Crippen LogP contribution >= 0.6 is 31.9 Å². The fourth-order valence-electron chi connectivity index (χ4n) is 1.96. The highest BCUT2D eigenvalue weighted by Gasteiger charge is 2.21. The second-order valence-electron chi connectivity index (χ2n) is 4.13. The predicted molar refractivity (Wildman–Crippen MR) is 78.5 cm³/mol. The molecular formula is C14H8Br2O3. The minimum Gasteiger partial charge on any atom is -0.452 e. The molecule has 0 aliphatic carbocycles. The monoisotopic (exact) mass is 382 g/mol. The van der Waals surface area contributed by atoms with Crippen LogP contribution in [0.15, 0.2) is 48.3 Å². The molecule has 0 radical (unpaired) electrons. The van der Waals surface area contributed by atoms with Crippen molar-refractivity contribution in [3.05, 3.63) is 56.6 Å². The molecule has 2 heterocycles. The van der Waals surface area contributed by atoms with E-state index >= 15 is 0 Å². The molecule has 0 bridgehead atoms. The van der Waals surface area contributed by atoms with E-state index < -0.39 is 0 Å². The molecule has 0 aliphatic rings. The van der Waals surface area contributed by atoms with E-state index in [9.17, 15) is 4.79 Å². The lowest BCUT2D eigenvalue weighted by molar-refractivity contribution is 0.0983. The first-order valence-corrected chi connectivity index (χ1v) is 7.13. The molecule has 0 saturated heterocycles. The fraction of sp³-hybridized carbons (Fsp3) is 0.0714. The third kappa shape index (κ3) is 2.17. The van der Waals surface area contributed by atoms with Gasteiger partial charge in [-0.15, -0.1) is 0 Å². The summed E-state index contributed by atoms with van der Waals surface area (Å²) in [4.78, 5) is 12.3. The van der Waals surface area contributed by atoms with Gasteiger partial charge in [-0.2, -0.15) is 0 Å². The van der Waals surface area contributed by atoms with Crippen molar-refractivity contribution >= 4 is 48.6 Å². The molecule has 0 unspecified atom stereocenters. The molecule has 0 amide bonds. The molecule has 0 saturated carbocycles. The van der Waals surface area contributed by atoms with E-state index in [0.717, 1.165) is 15.4 Å². The minimum absolute atomic E-state index is 0.254. The Balaban J connectivity index is 2.15. The number of rotatable bonds is 2. The van der Waals surface area contributed by atoms with Crippen molar-refractivity contribution in [2.24, 2.45) is 0 Å². The third-order valence-electron chi connectivity index (χ3n) is 2.90. The maximum atomic E-state index is 12.3. The van der Waals surface area contributed by atoms with Crippen molar-refractivity contribution in [2.75, 3.05) is 0 Å². The molecule has 3 rings (SSSR count). The Morgan fingerprint density at radius 2 is 1.89 bits per heavy atom. The summed E-state index contributed by atoms with van der Waals surface area (Å²) in [5, 5.41) is 0.928. The Morgan fingerprint density at radius 3 is 2.58 bits per heavy atom. The summed E-state index contributed by atoms with van der Waals surface area (Å²) in [6, 6.07) is 8.99. The maximum absolute atomic E-state index is 12.3. The highest BCUT2D eigenvalue weighted by Crippen LogP contribution is 2.30. The zero-order valence-electron chi connectivity index (χ0n) is 9.87. The van der Waals surface area contributed by atoms with Crippen LogP contribution in [0.4, 0.5) is 0 Å². The quantitative estimate of drug-likeness (QED) is 0.579. The summed E-state index contributed by atoms with van der Waals surface area (Å²) in [7, 11) is 0. The van der Waals surface area contributed by atoms with E-state index in [1.165, 1.54) is 0 Å². The van der Waals surface area contributed by atoms with Gasteiger partial charge in [0.15, 0.2) is 16.2 Å². The summed E-state index contributed by atoms with van der Waals surface area (Å²) in [6.07, 6.45) is 0. The number of hydrogen-bond acceptors (Lipinski definition) is 3. The molecule has 96 valence electrons. The van der Waals surface area contributed by atoms with Gasteiger partial charge in [0, 0.05) is 15.4 Å². The Morgan fingerprint density at radius 1 is 1.11 bits per heavy atom. The molecule has 3 aromatic rings. The summed E-state index contributed by atoms with van der Waals surface area (Å²) in [5.74, 6) is 0.318. The fourth-order valence-corrected chi connectivity index (χ4v) is 2.61. The average molecular weight is 384 g/mol. The first kappa shape index (κ1) is 12.7. The zero-order chi connectivity index (χ0) is 13.6. The maximum Gasteiger partial charge on any atom is 0.263 e. The number of fused-ring (bicyclic) bond motifs is 1. The van der Waals surface area contributed by atoms with E-state index in [1.54, 1.807) is 12.1 Å². The SMILES string of the molecule is Cc1c(C(=O)c2ccc(Br)o2)oc2cc(Br)ccc12. The molecule has 3 nitrogen and oxygen atoms in total. The molecule has 0 N–H and O–H groups in total. The molecule has 1 aromatic carbocycles. The molecule has 0 aliphatic heterocycles. The second-order valence-corrected chi connectivity index (χ2v) is 5.83. The van der Waals surface area contributed by atoms with Gasteiger partial charge in [0.2, 0.25) is 0 Å². The van der Waals surface area contributed by atoms with Gasteiger partial charge in [0.05, 0.1) is 0 Å². The van der Waals surface area contributed by atoms with Crippen molar-refractivity contribution in [1.82, 2.24) is 0 Å². The number of carbonyl (C=O) groups is 1. The van der Waals surface area contributed by atoms with Crippen LogP contribution in [-0.2, 0) is 0 Å². The third-order valence-corrected chi connectivity index (χ3v) is 3.82. The van der Waals surface area contributed by atoms with E-state index in [1.807, 2.05) is 25.1 Å². The first-order valence-electron chi connectivity index (χ1n) is 5.55. The standard InChI is InChI=1S/C14H8Br2O3/c1-7-9-3-2-8(15)6-11(9)19-14(7)13(17)10-4-5-12(16)18-10/h2-6H,1H3. The van der Waals surface area contributed by atoms with Gasteiger partial charge < -0.3 is 8.83 Å². The largest absolute Gasteiger partial charge is 0.452 e. The van der Waals surface area contributed by atoms with Gasteiger partial charge in [-0.25, -0.2) is 0 Å². The predicted octanol–water partition coefficient (Wildman–Crippen LogP) is 5.09. The minimum atomic E-state index is -0.254. The summed E-state index contributed by atoms with van der Waals surface area (Å²) in [6.45, 7) is 1.87. The van der Waals surface area contributed by atoms with Crippen LogP contribution in [0.3, 0.4) is 0 Å². The lowest BCUT2D eigenvalue weighted by atomic mass is 10.1. The molecule has 0 atom stereocenters. The van der Waals surface area contributed by atoms with Crippen LogP contribution in [0, 0.1) is 6.92 Å². The smallest absolute Gasteiger partial charge is 0.263 e. The highest BCUT2D eigenvalue weighted by molar-refractivity contribution is 9.10. The Hall–Kier alpha value is -1.33. The van der Waals surface area contributed by atoms with Crippen molar-refractivity contribution in [1.29, 1.82) is 0 Å². The van der Waals surface area contributed by atoms with Crippen molar-refractivity contribution in [2.45, 2.75) is 6.92 Å². The molecule has 5 heteroatoms. The van der Waals surface area contributed by atoms with Crippen molar-refractivity contribution in [3.8, 4) is 0 Å². The van der Waals surface area contributed by atoms with E-state index in [2.05, 4.69) is 31.9 Å². The summed E-state index contributed by atoms with van der Waals surface area (Å²) < 4.78 is 12.4. The lowest BCUT2D eigenvalue weighted by Crippen LogP contribution is -1.99. The van der Waals surface area contributed by atoms with Gasteiger partial charge in [-0.1, -0.05) is 15.9 Å². The van der Waals surface area contributed by atoms with E-state index in [4.69, 9.17) is 8.83 Å². The average Bonchev–Trinajstić information content (AvgIpc) is 2.93. The lowest BCUT2D eigenvalue weighted by Gasteiger charge is -1.94. The van der Waals surface area contributed by atoms with Gasteiger partial charge in [0.1, 0.15) is 5.58 Å². The number of ketones is 1. The van der Waals surface area contributed by atoms with Crippen LogP contribution < -0.4 is 0 Å². The number of halogens is 2. The van der Waals surface area contributed by atoms with Crippen molar-refractivity contribution in [3.63, 3.8) is 0 Å². The van der Waals surface area contributed by atoms with Gasteiger partial charge in [0.25, 0.3) is 5.78 Å². The van der Waals surface area contributed by atoms with Crippen LogP contribution in [-0.4, -0.2) is 5.78 Å². The molecule has 0 spiro atoms. The summed E-state index contributed by atoms with van der Waals surface area (Å²) >= 11 is 6.56. The number of hydrogen-bond donors (Lipinski definition) is 0. The summed E-state index contributed by atoms with van der Waals surface area (Å²) in [5.41, 5.74) is 1.50. The van der Waals surface area contributed by atoms with E-state index in [0.29, 0.717) is 16.0 Å². The topological polar surface area (TPSA) is 43.4 Å².